The summed E-state index contributed by atoms with van der Waals surface area (Å²) >= 11 is 0. The van der Waals surface area contributed by atoms with Crippen LogP contribution in [0.25, 0.3) is 0 Å². The van der Waals surface area contributed by atoms with Gasteiger partial charge in [-0.15, -0.1) is 0 Å². The van der Waals surface area contributed by atoms with Crippen LogP contribution in [0.4, 0.5) is 0 Å². The van der Waals surface area contributed by atoms with E-state index in [0.29, 0.717) is 12.8 Å². The van der Waals surface area contributed by atoms with Crippen LogP contribution in [0.15, 0.2) is 72.9 Å². The highest BCUT2D eigenvalue weighted by Crippen LogP contribution is 2.33. The molecule has 0 radical (unpaired) electrons. The first kappa shape index (κ1) is 100. The zero-order valence-corrected chi connectivity index (χ0v) is 68.5. The number of rotatable bonds is 72. The number of amides is 1. The van der Waals surface area contributed by atoms with Crippen LogP contribution in [-0.4, -0.2) is 193 Å². The minimum absolute atomic E-state index is 0.237. The van der Waals surface area contributed by atoms with E-state index in [0.717, 1.165) is 64.2 Å². The Balaban J connectivity index is 1.32. The molecule has 0 bridgehead atoms. The minimum Gasteiger partial charge on any atom is -0.394 e. The molecule has 109 heavy (non-hydrogen) atoms. The average Bonchev–Trinajstić information content (AvgIpc) is 0.760. The average molecular weight is 1550 g/mol. The van der Waals surface area contributed by atoms with Crippen LogP contribution >= 0.6 is 0 Å². The Morgan fingerprint density at radius 3 is 1.03 bits per heavy atom. The molecule has 0 aromatic heterocycles. The first-order valence-electron chi connectivity index (χ1n) is 44.7. The minimum atomic E-state index is -1.98. The van der Waals surface area contributed by atoms with E-state index >= 15 is 0 Å². The van der Waals surface area contributed by atoms with Crippen molar-refractivity contribution in [3.63, 3.8) is 0 Å². The molecule has 19 nitrogen and oxygen atoms in total. The number of aliphatic hydroxyl groups is 11. The Kier molecular flexibility index (Phi) is 64.1. The molecule has 636 valence electrons. The van der Waals surface area contributed by atoms with Gasteiger partial charge in [-0.1, -0.05) is 356 Å². The molecule has 3 aliphatic rings. The van der Waals surface area contributed by atoms with Crippen LogP contribution in [0.5, 0.6) is 0 Å². The Labute approximate surface area is 661 Å². The number of allylic oxidation sites excluding steroid dienone is 11. The summed E-state index contributed by atoms with van der Waals surface area (Å²) in [7, 11) is 0. The maximum Gasteiger partial charge on any atom is 0.220 e. The SMILES string of the molecule is CC/C=C\C/C=C\C/C=C\C/C=C\CCCCCCCCCCCCCCCCCCCCCCCCCCC(=O)NC(COC1OC(CO)C(OC2OC(CO)C(OC3OC(CO)C(O)C(O)C3O)C(O)C2O)C(O)C1O)C(O)/C=C/CC/C=C/CCCCCCCCCCCCCCCCCCCCCCC. The van der Waals surface area contributed by atoms with Gasteiger partial charge in [-0.2, -0.15) is 0 Å². The summed E-state index contributed by atoms with van der Waals surface area (Å²) in [5.74, 6) is -0.279. The Morgan fingerprint density at radius 2 is 0.642 bits per heavy atom. The number of unbranched alkanes of at least 4 members (excludes halogenated alkanes) is 46. The molecular formula is C90H163NO18. The fourth-order valence-corrected chi connectivity index (χ4v) is 14.9. The van der Waals surface area contributed by atoms with Gasteiger partial charge in [0.05, 0.1) is 38.6 Å². The van der Waals surface area contributed by atoms with Gasteiger partial charge in [-0.25, -0.2) is 0 Å². The van der Waals surface area contributed by atoms with Gasteiger partial charge in [0.1, 0.15) is 73.2 Å². The smallest absolute Gasteiger partial charge is 0.220 e. The van der Waals surface area contributed by atoms with E-state index in [-0.39, 0.29) is 18.9 Å². The molecule has 17 atom stereocenters. The predicted molar refractivity (Wildman–Crippen MR) is 438 cm³/mol. The van der Waals surface area contributed by atoms with Gasteiger partial charge in [0.2, 0.25) is 5.91 Å². The lowest BCUT2D eigenvalue weighted by Gasteiger charge is -2.48. The zero-order chi connectivity index (χ0) is 78.8. The number of nitrogens with one attached hydrogen (secondary N) is 1. The molecule has 3 saturated heterocycles. The molecule has 3 fully saturated rings. The lowest BCUT2D eigenvalue weighted by atomic mass is 9.96. The molecule has 0 spiro atoms. The van der Waals surface area contributed by atoms with Crippen molar-refractivity contribution in [3.8, 4) is 0 Å². The van der Waals surface area contributed by atoms with Crippen LogP contribution in [0.1, 0.15) is 361 Å². The summed E-state index contributed by atoms with van der Waals surface area (Å²) < 4.78 is 34.5. The highest BCUT2D eigenvalue weighted by molar-refractivity contribution is 5.76. The van der Waals surface area contributed by atoms with E-state index in [4.69, 9.17) is 28.4 Å². The van der Waals surface area contributed by atoms with Crippen LogP contribution in [0.3, 0.4) is 0 Å². The molecule has 12 N–H and O–H groups in total. The lowest BCUT2D eigenvalue weighted by Crippen LogP contribution is -2.66. The van der Waals surface area contributed by atoms with Crippen molar-refractivity contribution in [1.82, 2.24) is 5.32 Å². The Hall–Kier alpha value is -2.77. The number of carbonyl (C=O) groups excluding carboxylic acids is 1. The summed E-state index contributed by atoms with van der Waals surface area (Å²) in [5, 5.41) is 121. The molecule has 3 rings (SSSR count). The Morgan fingerprint density at radius 1 is 0.339 bits per heavy atom. The first-order valence-corrected chi connectivity index (χ1v) is 44.7. The summed E-state index contributed by atoms with van der Waals surface area (Å²) in [6, 6.07) is -0.993. The summed E-state index contributed by atoms with van der Waals surface area (Å²) in [4.78, 5) is 13.5. The number of ether oxygens (including phenoxy) is 6. The van der Waals surface area contributed by atoms with E-state index in [1.807, 2.05) is 6.08 Å². The lowest BCUT2D eigenvalue weighted by molar-refractivity contribution is -0.379. The largest absolute Gasteiger partial charge is 0.394 e. The van der Waals surface area contributed by atoms with Gasteiger partial charge in [0, 0.05) is 6.42 Å². The fraction of sp³-hybridized carbons (Fsp3) is 0.856. The van der Waals surface area contributed by atoms with Gasteiger partial charge in [0.25, 0.3) is 0 Å². The van der Waals surface area contributed by atoms with Gasteiger partial charge in [-0.3, -0.25) is 4.79 Å². The second-order valence-electron chi connectivity index (χ2n) is 31.7. The van der Waals surface area contributed by atoms with Crippen LogP contribution in [-0.2, 0) is 33.2 Å². The summed E-state index contributed by atoms with van der Waals surface area (Å²) in [5.41, 5.74) is 0. The van der Waals surface area contributed by atoms with E-state index in [1.54, 1.807) is 6.08 Å². The molecule has 1 amide bonds. The van der Waals surface area contributed by atoms with Gasteiger partial charge >= 0.3 is 0 Å². The number of hydrogen-bond donors (Lipinski definition) is 12. The van der Waals surface area contributed by atoms with Crippen LogP contribution in [0.2, 0.25) is 0 Å². The molecule has 0 aromatic carbocycles. The quantitative estimate of drug-likeness (QED) is 0.0199. The maximum absolute atomic E-state index is 13.5. The fourth-order valence-electron chi connectivity index (χ4n) is 14.9. The van der Waals surface area contributed by atoms with Crippen LogP contribution in [0, 0.1) is 0 Å². The highest BCUT2D eigenvalue weighted by Gasteiger charge is 2.54. The van der Waals surface area contributed by atoms with Gasteiger partial charge in [0.15, 0.2) is 18.9 Å². The molecule has 0 saturated carbocycles. The number of carbonyl (C=O) groups is 1. The second-order valence-corrected chi connectivity index (χ2v) is 31.7. The topological polar surface area (TPSA) is 307 Å². The van der Waals surface area contributed by atoms with E-state index < -0.39 is 124 Å². The third kappa shape index (κ3) is 48.4. The Bertz CT molecular complexity index is 2250. The van der Waals surface area contributed by atoms with Crippen molar-refractivity contribution in [2.24, 2.45) is 0 Å². The van der Waals surface area contributed by atoms with Crippen LogP contribution < -0.4 is 5.32 Å². The van der Waals surface area contributed by atoms with Crippen molar-refractivity contribution in [2.75, 3.05) is 26.4 Å². The number of hydrogen-bond acceptors (Lipinski definition) is 18. The van der Waals surface area contributed by atoms with Crippen molar-refractivity contribution in [2.45, 2.75) is 465 Å². The molecular weight excluding hydrogens is 1380 g/mol. The monoisotopic (exact) mass is 1550 g/mol. The van der Waals surface area contributed by atoms with Gasteiger partial charge in [-0.05, 0) is 70.6 Å². The highest BCUT2D eigenvalue weighted by atomic mass is 16.8. The molecule has 0 aliphatic carbocycles. The first-order chi connectivity index (χ1) is 53.3. The molecule has 3 aliphatic heterocycles. The van der Waals surface area contributed by atoms with Crippen molar-refractivity contribution < 1.29 is 89.4 Å². The van der Waals surface area contributed by atoms with E-state index in [1.165, 1.54) is 263 Å². The maximum atomic E-state index is 13.5. The standard InChI is InChI=1S/C90H163NO18/c1-3-5-7-9-11-13-15-17-19-21-23-25-27-29-31-32-33-34-35-36-37-38-39-40-42-44-46-48-50-52-54-56-58-60-62-64-66-68-78(96)91-73(74(95)67-65-63-61-59-57-55-53-51-49-47-45-43-41-30-28-26-24-22-20-18-16-14-12-10-8-6-4-2)72-104-88-84(102)81(99)86(76(70-93)106-88)109-90-85(103)82(100)87(77(71-94)107-90)108-89-83(101)80(98)79(97)75(69-92)105-89/h5,7,11,13,17,19,23,25,57,59,65,67,73-77,79-90,92-95,97-103H,3-4,6,8-10,12,14-16,18,20-22,24,26-56,58,60-64,66,68-72H2,1-2H3,(H,91,96)/b7-5-,13-11-,19-17-,25-23-,59-57+,67-65+. The number of aliphatic hydroxyl groups excluding tert-OH is 11. The molecule has 19 heteroatoms. The van der Waals surface area contributed by atoms with Gasteiger partial charge < -0.3 is 89.9 Å². The molecule has 0 aromatic rings. The van der Waals surface area contributed by atoms with Crippen molar-refractivity contribution in [1.29, 1.82) is 0 Å². The third-order valence-corrected chi connectivity index (χ3v) is 22.0. The zero-order valence-electron chi connectivity index (χ0n) is 68.5. The predicted octanol–water partition coefficient (Wildman–Crippen LogP) is 16.7. The summed E-state index contributed by atoms with van der Waals surface area (Å²) in [6.07, 6.45) is 66.3. The van der Waals surface area contributed by atoms with E-state index in [9.17, 15) is 61.0 Å². The third-order valence-electron chi connectivity index (χ3n) is 22.0. The van der Waals surface area contributed by atoms with Crippen molar-refractivity contribution >= 4 is 5.91 Å². The van der Waals surface area contributed by atoms with E-state index in [2.05, 4.69) is 79.9 Å². The summed E-state index contributed by atoms with van der Waals surface area (Å²) in [6.45, 7) is 1.66. The van der Waals surface area contributed by atoms with Crippen molar-refractivity contribution in [3.05, 3.63) is 72.9 Å². The normalized spacial score (nSPS) is 25.6. The molecule has 3 heterocycles. The molecule has 17 unspecified atom stereocenters. The second kappa shape index (κ2) is 69.5.